The van der Waals surface area contributed by atoms with Crippen molar-refractivity contribution in [1.82, 2.24) is 15.2 Å². The minimum atomic E-state index is -0.670. The monoisotopic (exact) mass is 409 g/mol. The fraction of sp³-hybridized carbons (Fsp3) is 0.304. The first kappa shape index (κ1) is 21.2. The number of likely N-dealkylation sites (N-methyl/N-ethyl adjacent to an activating group) is 1. The van der Waals surface area contributed by atoms with Crippen molar-refractivity contribution in [3.8, 4) is 11.5 Å². The van der Waals surface area contributed by atoms with E-state index in [1.165, 1.54) is 6.92 Å². The Hall–Kier alpha value is -3.48. The number of carbonyl (C=O) groups is 2. The van der Waals surface area contributed by atoms with E-state index in [1.807, 2.05) is 42.6 Å². The summed E-state index contributed by atoms with van der Waals surface area (Å²) in [7, 11) is 4.89. The summed E-state index contributed by atoms with van der Waals surface area (Å²) in [6.07, 6.45) is 2.28. The largest absolute Gasteiger partial charge is 0.497 e. The fourth-order valence-corrected chi connectivity index (χ4v) is 3.55. The SMILES string of the molecule is COc1ccc(CN(C)C(=O)C(Cc2c[nH]c3ccccc23)NC(C)=O)c(OC)c1. The van der Waals surface area contributed by atoms with E-state index in [4.69, 9.17) is 9.47 Å². The second-order valence-corrected chi connectivity index (χ2v) is 7.19. The minimum Gasteiger partial charge on any atom is -0.497 e. The number of nitrogens with zero attached hydrogens (tertiary/aromatic N) is 1. The van der Waals surface area contributed by atoms with Gasteiger partial charge in [-0.3, -0.25) is 9.59 Å². The summed E-state index contributed by atoms with van der Waals surface area (Å²) in [4.78, 5) is 29.8. The lowest BCUT2D eigenvalue weighted by Gasteiger charge is -2.25. The van der Waals surface area contributed by atoms with Gasteiger partial charge in [0.25, 0.3) is 0 Å². The molecule has 0 saturated carbocycles. The zero-order valence-electron chi connectivity index (χ0n) is 17.7. The summed E-state index contributed by atoms with van der Waals surface area (Å²) >= 11 is 0. The molecule has 0 fully saturated rings. The average Bonchev–Trinajstić information content (AvgIpc) is 3.15. The molecule has 0 bridgehead atoms. The van der Waals surface area contributed by atoms with Gasteiger partial charge in [-0.25, -0.2) is 0 Å². The second kappa shape index (κ2) is 9.35. The van der Waals surface area contributed by atoms with Gasteiger partial charge in [0.15, 0.2) is 0 Å². The molecule has 1 unspecified atom stereocenters. The van der Waals surface area contributed by atoms with E-state index >= 15 is 0 Å². The molecule has 3 rings (SSSR count). The third kappa shape index (κ3) is 4.74. The lowest BCUT2D eigenvalue weighted by molar-refractivity contribution is -0.135. The number of H-pyrrole nitrogens is 1. The summed E-state index contributed by atoms with van der Waals surface area (Å²) < 4.78 is 10.7. The summed E-state index contributed by atoms with van der Waals surface area (Å²) in [5.41, 5.74) is 2.83. The van der Waals surface area contributed by atoms with Crippen LogP contribution in [0, 0.1) is 0 Å². The number of carbonyl (C=O) groups excluding carboxylic acids is 2. The summed E-state index contributed by atoms with van der Waals surface area (Å²) in [5, 5.41) is 3.84. The molecule has 0 radical (unpaired) electrons. The van der Waals surface area contributed by atoms with Crippen LogP contribution in [0.25, 0.3) is 10.9 Å². The number of fused-ring (bicyclic) bond motifs is 1. The second-order valence-electron chi connectivity index (χ2n) is 7.19. The first-order valence-corrected chi connectivity index (χ1v) is 9.71. The standard InChI is InChI=1S/C23H27N3O4/c1-15(27)25-21(11-17-13-24-20-8-6-5-7-19(17)20)23(28)26(2)14-16-9-10-18(29-3)12-22(16)30-4/h5-10,12-13,21,24H,11,14H2,1-4H3,(H,25,27). The van der Waals surface area contributed by atoms with Crippen molar-refractivity contribution in [2.24, 2.45) is 0 Å². The van der Waals surface area contributed by atoms with Crippen LogP contribution in [-0.4, -0.2) is 49.0 Å². The van der Waals surface area contributed by atoms with Gasteiger partial charge in [-0.15, -0.1) is 0 Å². The molecule has 7 nitrogen and oxygen atoms in total. The number of benzene rings is 2. The molecule has 2 N–H and O–H groups in total. The van der Waals surface area contributed by atoms with E-state index in [1.54, 1.807) is 32.2 Å². The Morgan fingerprint density at radius 2 is 1.87 bits per heavy atom. The summed E-state index contributed by atoms with van der Waals surface area (Å²) in [5.74, 6) is 0.902. The molecule has 2 amide bonds. The Morgan fingerprint density at radius 3 is 2.57 bits per heavy atom. The van der Waals surface area contributed by atoms with Crippen molar-refractivity contribution in [1.29, 1.82) is 0 Å². The predicted molar refractivity (Wildman–Crippen MR) is 116 cm³/mol. The number of hydrogen-bond acceptors (Lipinski definition) is 4. The van der Waals surface area contributed by atoms with Crippen LogP contribution in [0.1, 0.15) is 18.1 Å². The van der Waals surface area contributed by atoms with Gasteiger partial charge in [0.2, 0.25) is 11.8 Å². The molecular formula is C23H27N3O4. The first-order chi connectivity index (χ1) is 14.4. The lowest BCUT2D eigenvalue weighted by Crippen LogP contribution is -2.47. The third-order valence-electron chi connectivity index (χ3n) is 5.05. The van der Waals surface area contributed by atoms with Gasteiger partial charge in [0, 0.05) is 55.7 Å². The number of ether oxygens (including phenoxy) is 2. The highest BCUT2D eigenvalue weighted by molar-refractivity contribution is 5.89. The Balaban J connectivity index is 1.80. The van der Waals surface area contributed by atoms with Gasteiger partial charge in [-0.05, 0) is 23.8 Å². The van der Waals surface area contributed by atoms with Crippen LogP contribution in [0.5, 0.6) is 11.5 Å². The summed E-state index contributed by atoms with van der Waals surface area (Å²) in [6.45, 7) is 1.76. The molecule has 158 valence electrons. The topological polar surface area (TPSA) is 83.7 Å². The molecule has 0 saturated heterocycles. The highest BCUT2D eigenvalue weighted by atomic mass is 16.5. The van der Waals surface area contributed by atoms with Gasteiger partial charge >= 0.3 is 0 Å². The maximum Gasteiger partial charge on any atom is 0.245 e. The Labute approximate surface area is 176 Å². The van der Waals surface area contributed by atoms with Crippen molar-refractivity contribution in [3.63, 3.8) is 0 Å². The Kier molecular flexibility index (Phi) is 6.61. The van der Waals surface area contributed by atoms with E-state index in [-0.39, 0.29) is 11.8 Å². The van der Waals surface area contributed by atoms with Crippen molar-refractivity contribution in [3.05, 3.63) is 59.8 Å². The van der Waals surface area contributed by atoms with Gasteiger partial charge < -0.3 is 24.7 Å². The molecule has 1 aromatic heterocycles. The van der Waals surface area contributed by atoms with E-state index in [9.17, 15) is 9.59 Å². The van der Waals surface area contributed by atoms with Crippen molar-refractivity contribution < 1.29 is 19.1 Å². The van der Waals surface area contributed by atoms with Gasteiger partial charge in [0.05, 0.1) is 14.2 Å². The highest BCUT2D eigenvalue weighted by Crippen LogP contribution is 2.26. The van der Waals surface area contributed by atoms with Crippen molar-refractivity contribution in [2.45, 2.75) is 25.9 Å². The molecule has 1 atom stereocenters. The minimum absolute atomic E-state index is 0.173. The zero-order valence-corrected chi connectivity index (χ0v) is 17.7. The number of amides is 2. The molecule has 30 heavy (non-hydrogen) atoms. The number of rotatable bonds is 8. The Bertz CT molecular complexity index is 1040. The maximum absolute atomic E-state index is 13.2. The molecule has 0 aliphatic carbocycles. The maximum atomic E-state index is 13.2. The van der Waals surface area contributed by atoms with Crippen molar-refractivity contribution >= 4 is 22.7 Å². The van der Waals surface area contributed by atoms with Gasteiger partial charge in [-0.2, -0.15) is 0 Å². The van der Waals surface area contributed by atoms with Crippen LogP contribution >= 0.6 is 0 Å². The van der Waals surface area contributed by atoms with Crippen LogP contribution < -0.4 is 14.8 Å². The van der Waals surface area contributed by atoms with E-state index in [0.717, 1.165) is 22.0 Å². The van der Waals surface area contributed by atoms with Crippen LogP contribution in [0.4, 0.5) is 0 Å². The van der Waals surface area contributed by atoms with E-state index in [0.29, 0.717) is 24.5 Å². The number of aromatic nitrogens is 1. The summed E-state index contributed by atoms with van der Waals surface area (Å²) in [6, 6.07) is 12.7. The molecule has 3 aromatic rings. The smallest absolute Gasteiger partial charge is 0.245 e. The normalized spacial score (nSPS) is 11.7. The van der Waals surface area contributed by atoms with Crippen LogP contribution in [-0.2, 0) is 22.6 Å². The number of hydrogen-bond donors (Lipinski definition) is 2. The molecule has 0 spiro atoms. The van der Waals surface area contributed by atoms with Crippen LogP contribution in [0.2, 0.25) is 0 Å². The molecule has 0 aliphatic rings. The van der Waals surface area contributed by atoms with Gasteiger partial charge in [0.1, 0.15) is 17.5 Å². The Morgan fingerprint density at radius 1 is 1.10 bits per heavy atom. The van der Waals surface area contributed by atoms with Crippen LogP contribution in [0.3, 0.4) is 0 Å². The third-order valence-corrected chi connectivity index (χ3v) is 5.05. The van der Waals surface area contributed by atoms with E-state index in [2.05, 4.69) is 10.3 Å². The average molecular weight is 409 g/mol. The first-order valence-electron chi connectivity index (χ1n) is 9.71. The number of para-hydroxylation sites is 1. The van der Waals surface area contributed by atoms with E-state index < -0.39 is 6.04 Å². The predicted octanol–water partition coefficient (Wildman–Crippen LogP) is 2.89. The molecule has 2 aromatic carbocycles. The number of methoxy groups -OCH3 is 2. The molecule has 0 aliphatic heterocycles. The lowest BCUT2D eigenvalue weighted by atomic mass is 10.0. The molecular weight excluding hydrogens is 382 g/mol. The van der Waals surface area contributed by atoms with Crippen LogP contribution in [0.15, 0.2) is 48.7 Å². The number of nitrogens with one attached hydrogen (secondary N) is 2. The quantitative estimate of drug-likeness (QED) is 0.599. The molecule has 1 heterocycles. The number of aromatic amines is 1. The highest BCUT2D eigenvalue weighted by Gasteiger charge is 2.25. The molecule has 7 heteroatoms. The van der Waals surface area contributed by atoms with Gasteiger partial charge in [-0.1, -0.05) is 18.2 Å². The zero-order chi connectivity index (χ0) is 21.7. The van der Waals surface area contributed by atoms with Crippen molar-refractivity contribution in [2.75, 3.05) is 21.3 Å². The fourth-order valence-electron chi connectivity index (χ4n) is 3.55.